The van der Waals surface area contributed by atoms with Crippen molar-refractivity contribution in [3.8, 4) is 0 Å². The van der Waals surface area contributed by atoms with E-state index in [4.69, 9.17) is 0 Å². The Balaban J connectivity index is 2.04. The van der Waals surface area contributed by atoms with E-state index in [2.05, 4.69) is 0 Å². The minimum Gasteiger partial charge on any atom is -0.389 e. The number of rotatable bonds is 3. The monoisotopic (exact) mass is 319 g/mol. The Morgan fingerprint density at radius 1 is 1.14 bits per heavy atom. The van der Waals surface area contributed by atoms with E-state index in [0.29, 0.717) is 17.9 Å². The lowest BCUT2D eigenvalue weighted by atomic mass is 9.98. The maximum Gasteiger partial charge on any atom is 0.243 e. The van der Waals surface area contributed by atoms with Crippen LogP contribution in [0.15, 0.2) is 47.4 Å². The summed E-state index contributed by atoms with van der Waals surface area (Å²) >= 11 is 0. The van der Waals surface area contributed by atoms with Crippen LogP contribution in [0.1, 0.15) is 26.7 Å². The van der Waals surface area contributed by atoms with E-state index < -0.39 is 15.6 Å². The number of nitrogens with zero attached hydrogens (tertiary/aromatic N) is 1. The van der Waals surface area contributed by atoms with Crippen LogP contribution < -0.4 is 0 Å². The van der Waals surface area contributed by atoms with E-state index in [9.17, 15) is 13.5 Å². The van der Waals surface area contributed by atoms with Gasteiger partial charge < -0.3 is 5.11 Å². The number of sulfonamides is 1. The Labute approximate surface area is 131 Å². The second kappa shape index (κ2) is 5.33. The largest absolute Gasteiger partial charge is 0.389 e. The lowest BCUT2D eigenvalue weighted by molar-refractivity contribution is 0.0215. The Morgan fingerprint density at radius 2 is 1.82 bits per heavy atom. The molecule has 0 amide bonds. The van der Waals surface area contributed by atoms with Crippen LogP contribution in [-0.4, -0.2) is 36.0 Å². The molecule has 2 aromatic carbocycles. The van der Waals surface area contributed by atoms with Crippen LogP contribution in [0.4, 0.5) is 0 Å². The van der Waals surface area contributed by atoms with Crippen molar-refractivity contribution in [1.29, 1.82) is 0 Å². The van der Waals surface area contributed by atoms with Crippen LogP contribution in [0.25, 0.3) is 10.8 Å². The number of aliphatic hydroxyl groups is 1. The van der Waals surface area contributed by atoms with Gasteiger partial charge in [0, 0.05) is 6.54 Å². The minimum absolute atomic E-state index is 0.294. The molecule has 22 heavy (non-hydrogen) atoms. The fourth-order valence-corrected chi connectivity index (χ4v) is 5.05. The van der Waals surface area contributed by atoms with Crippen molar-refractivity contribution >= 4 is 20.8 Å². The number of benzene rings is 2. The van der Waals surface area contributed by atoms with Crippen LogP contribution in [0.5, 0.6) is 0 Å². The lowest BCUT2D eigenvalue weighted by Gasteiger charge is -2.33. The SMILES string of the molecule is CC(C)(O)C1CCCN1S(=O)(=O)c1ccc2ccccc2c1. The van der Waals surface area contributed by atoms with Crippen molar-refractivity contribution in [3.63, 3.8) is 0 Å². The van der Waals surface area contributed by atoms with Crippen molar-refractivity contribution < 1.29 is 13.5 Å². The second-order valence-corrected chi connectivity index (χ2v) is 8.33. The summed E-state index contributed by atoms with van der Waals surface area (Å²) in [6, 6.07) is 12.5. The zero-order valence-electron chi connectivity index (χ0n) is 12.9. The minimum atomic E-state index is -3.59. The van der Waals surface area contributed by atoms with E-state index in [1.165, 1.54) is 4.31 Å². The average molecular weight is 319 g/mol. The second-order valence-electron chi connectivity index (χ2n) is 6.44. The molecule has 0 aromatic heterocycles. The fourth-order valence-electron chi connectivity index (χ4n) is 3.20. The van der Waals surface area contributed by atoms with E-state index in [-0.39, 0.29) is 6.04 Å². The molecule has 1 saturated heterocycles. The summed E-state index contributed by atoms with van der Waals surface area (Å²) in [5.41, 5.74) is -1.04. The Bertz CT molecular complexity index is 793. The van der Waals surface area contributed by atoms with Gasteiger partial charge in [-0.1, -0.05) is 30.3 Å². The molecule has 1 heterocycles. The van der Waals surface area contributed by atoms with Gasteiger partial charge in [0.1, 0.15) is 0 Å². The Hall–Kier alpha value is -1.43. The third-order valence-corrected chi connectivity index (χ3v) is 6.25. The molecule has 0 saturated carbocycles. The zero-order valence-corrected chi connectivity index (χ0v) is 13.7. The molecule has 1 aliphatic rings. The number of fused-ring (bicyclic) bond motifs is 1. The van der Waals surface area contributed by atoms with E-state index in [1.807, 2.05) is 30.3 Å². The predicted molar refractivity (Wildman–Crippen MR) is 87.2 cm³/mol. The summed E-state index contributed by atoms with van der Waals surface area (Å²) in [5.74, 6) is 0. The molecule has 0 aliphatic carbocycles. The van der Waals surface area contributed by atoms with Gasteiger partial charge >= 0.3 is 0 Å². The van der Waals surface area contributed by atoms with Gasteiger partial charge in [0.05, 0.1) is 16.5 Å². The summed E-state index contributed by atoms with van der Waals surface area (Å²) in [6.07, 6.45) is 1.47. The maximum absolute atomic E-state index is 13.0. The van der Waals surface area contributed by atoms with E-state index in [1.54, 1.807) is 26.0 Å². The first-order valence-electron chi connectivity index (χ1n) is 7.53. The van der Waals surface area contributed by atoms with Gasteiger partial charge in [0.25, 0.3) is 0 Å². The van der Waals surface area contributed by atoms with Crippen LogP contribution in [0.3, 0.4) is 0 Å². The Morgan fingerprint density at radius 3 is 2.50 bits per heavy atom. The maximum atomic E-state index is 13.0. The first-order chi connectivity index (χ1) is 10.3. The normalized spacial score (nSPS) is 20.6. The number of hydrogen-bond donors (Lipinski definition) is 1. The molecule has 2 aromatic rings. The number of hydrogen-bond acceptors (Lipinski definition) is 3. The third-order valence-electron chi connectivity index (χ3n) is 4.35. The lowest BCUT2D eigenvalue weighted by Crippen LogP contribution is -2.48. The molecular formula is C17H21NO3S. The summed E-state index contributed by atoms with van der Waals surface area (Å²) < 4.78 is 27.4. The highest BCUT2D eigenvalue weighted by atomic mass is 32.2. The Kier molecular flexibility index (Phi) is 3.75. The summed E-state index contributed by atoms with van der Waals surface area (Å²) in [4.78, 5) is 0.294. The van der Waals surface area contributed by atoms with E-state index >= 15 is 0 Å². The van der Waals surface area contributed by atoms with Crippen LogP contribution in [0, 0.1) is 0 Å². The highest BCUT2D eigenvalue weighted by Crippen LogP contribution is 2.32. The van der Waals surface area contributed by atoms with Crippen molar-refractivity contribution in [2.75, 3.05) is 6.54 Å². The van der Waals surface area contributed by atoms with Gasteiger partial charge in [-0.05, 0) is 49.6 Å². The molecule has 1 atom stereocenters. The van der Waals surface area contributed by atoms with Gasteiger partial charge in [-0.25, -0.2) is 8.42 Å². The first kappa shape index (κ1) is 15.5. The molecule has 0 bridgehead atoms. The molecule has 1 unspecified atom stereocenters. The molecule has 118 valence electrons. The van der Waals surface area contributed by atoms with Gasteiger partial charge in [-0.15, -0.1) is 0 Å². The zero-order chi connectivity index (χ0) is 16.0. The van der Waals surface area contributed by atoms with E-state index in [0.717, 1.165) is 17.2 Å². The highest BCUT2D eigenvalue weighted by Gasteiger charge is 2.42. The smallest absolute Gasteiger partial charge is 0.243 e. The quantitative estimate of drug-likeness (QED) is 0.946. The van der Waals surface area contributed by atoms with Gasteiger partial charge in [-0.2, -0.15) is 4.31 Å². The molecule has 3 rings (SSSR count). The summed E-state index contributed by atoms with van der Waals surface area (Å²) in [6.45, 7) is 3.81. The molecule has 1 fully saturated rings. The van der Waals surface area contributed by atoms with Crippen molar-refractivity contribution in [2.45, 2.75) is 43.2 Å². The van der Waals surface area contributed by atoms with Crippen molar-refractivity contribution in [3.05, 3.63) is 42.5 Å². The van der Waals surface area contributed by atoms with Crippen LogP contribution >= 0.6 is 0 Å². The predicted octanol–water partition coefficient (Wildman–Crippen LogP) is 2.76. The summed E-state index contributed by atoms with van der Waals surface area (Å²) in [7, 11) is -3.59. The standard InChI is InChI=1S/C17H21NO3S/c1-17(2,19)16-8-5-11-18(16)22(20,21)15-10-9-13-6-3-4-7-14(13)12-15/h3-4,6-7,9-10,12,16,19H,5,8,11H2,1-2H3. The van der Waals surface area contributed by atoms with Crippen molar-refractivity contribution in [1.82, 2.24) is 4.31 Å². The first-order valence-corrected chi connectivity index (χ1v) is 8.97. The average Bonchev–Trinajstić information content (AvgIpc) is 2.97. The van der Waals surface area contributed by atoms with Crippen LogP contribution in [0.2, 0.25) is 0 Å². The molecule has 5 heteroatoms. The topological polar surface area (TPSA) is 57.6 Å². The van der Waals surface area contributed by atoms with Crippen molar-refractivity contribution in [2.24, 2.45) is 0 Å². The van der Waals surface area contributed by atoms with Gasteiger partial charge in [0.15, 0.2) is 0 Å². The van der Waals surface area contributed by atoms with Gasteiger partial charge in [0.2, 0.25) is 10.0 Å². The molecule has 1 N–H and O–H groups in total. The molecular weight excluding hydrogens is 298 g/mol. The molecule has 4 nitrogen and oxygen atoms in total. The van der Waals surface area contributed by atoms with Gasteiger partial charge in [-0.3, -0.25) is 0 Å². The highest BCUT2D eigenvalue weighted by molar-refractivity contribution is 7.89. The van der Waals surface area contributed by atoms with Crippen LogP contribution in [-0.2, 0) is 10.0 Å². The molecule has 0 radical (unpaired) electrons. The third kappa shape index (κ3) is 2.64. The summed E-state index contributed by atoms with van der Waals surface area (Å²) in [5, 5.41) is 12.2. The molecule has 0 spiro atoms. The fraction of sp³-hybridized carbons (Fsp3) is 0.412. The molecule has 1 aliphatic heterocycles.